The van der Waals surface area contributed by atoms with Crippen LogP contribution in [-0.4, -0.2) is 51.1 Å². The van der Waals surface area contributed by atoms with E-state index in [2.05, 4.69) is 22.5 Å². The molecule has 0 aliphatic carbocycles. The zero-order valence-electron chi connectivity index (χ0n) is 17.6. The molecule has 3 aromatic rings. The molecule has 0 unspecified atom stereocenters. The molecule has 2 aromatic carbocycles. The summed E-state index contributed by atoms with van der Waals surface area (Å²) in [7, 11) is 0. The molecule has 1 N–H and O–H groups in total. The van der Waals surface area contributed by atoms with Crippen molar-refractivity contribution in [2.24, 2.45) is 0 Å². The SMILES string of the molecule is C#C[C@H]1CN(C(=O)C=C)C[C@H](C)N1c1ncnc2c(F)c(-c3c(O)cccc3F)c(Cl)cc12. The van der Waals surface area contributed by atoms with Crippen molar-refractivity contribution >= 4 is 34.2 Å². The first kappa shape index (κ1) is 22.5. The topological polar surface area (TPSA) is 69.6 Å². The summed E-state index contributed by atoms with van der Waals surface area (Å²) in [5.74, 6) is 0.594. The van der Waals surface area contributed by atoms with Gasteiger partial charge < -0.3 is 14.9 Å². The van der Waals surface area contributed by atoms with Crippen LogP contribution in [0, 0.1) is 24.0 Å². The lowest BCUT2D eigenvalue weighted by molar-refractivity contribution is -0.127. The molecule has 0 radical (unpaired) electrons. The number of phenols is 1. The van der Waals surface area contributed by atoms with Crippen molar-refractivity contribution in [3.63, 3.8) is 0 Å². The van der Waals surface area contributed by atoms with E-state index < -0.39 is 23.4 Å². The molecular formula is C24H19ClF2N4O2. The fourth-order valence-corrected chi connectivity index (χ4v) is 4.48. The molecule has 9 heteroatoms. The van der Waals surface area contributed by atoms with Gasteiger partial charge in [-0.25, -0.2) is 18.7 Å². The number of phenolic OH excluding ortho intramolecular Hbond substituents is 1. The Morgan fingerprint density at radius 2 is 2.09 bits per heavy atom. The van der Waals surface area contributed by atoms with Crippen LogP contribution in [0.1, 0.15) is 6.92 Å². The smallest absolute Gasteiger partial charge is 0.246 e. The fourth-order valence-electron chi connectivity index (χ4n) is 4.20. The van der Waals surface area contributed by atoms with Crippen molar-refractivity contribution < 1.29 is 18.7 Å². The van der Waals surface area contributed by atoms with E-state index in [1.165, 1.54) is 30.6 Å². The van der Waals surface area contributed by atoms with E-state index in [4.69, 9.17) is 18.0 Å². The molecule has 1 aliphatic heterocycles. The highest BCUT2D eigenvalue weighted by atomic mass is 35.5. The van der Waals surface area contributed by atoms with Crippen LogP contribution in [0.4, 0.5) is 14.6 Å². The maximum absolute atomic E-state index is 15.6. The van der Waals surface area contributed by atoms with Crippen molar-refractivity contribution in [1.82, 2.24) is 14.9 Å². The highest BCUT2D eigenvalue weighted by Crippen LogP contribution is 2.42. The van der Waals surface area contributed by atoms with Crippen LogP contribution in [0.15, 0.2) is 43.2 Å². The van der Waals surface area contributed by atoms with Gasteiger partial charge in [0.1, 0.15) is 35.3 Å². The molecule has 2 atom stereocenters. The largest absolute Gasteiger partial charge is 0.507 e. The molecule has 6 nitrogen and oxygen atoms in total. The lowest BCUT2D eigenvalue weighted by Crippen LogP contribution is -2.59. The number of hydrogen-bond donors (Lipinski definition) is 1. The summed E-state index contributed by atoms with van der Waals surface area (Å²) in [5, 5.41) is 10.3. The summed E-state index contributed by atoms with van der Waals surface area (Å²) < 4.78 is 30.1. The number of fused-ring (bicyclic) bond motifs is 1. The Balaban J connectivity index is 1.89. The van der Waals surface area contributed by atoms with E-state index in [0.29, 0.717) is 12.4 Å². The Morgan fingerprint density at radius 1 is 1.33 bits per heavy atom. The number of aromatic nitrogens is 2. The van der Waals surface area contributed by atoms with E-state index in [9.17, 15) is 14.3 Å². The number of halogens is 3. The van der Waals surface area contributed by atoms with Crippen LogP contribution < -0.4 is 4.90 Å². The Hall–Kier alpha value is -3.70. The van der Waals surface area contributed by atoms with Gasteiger partial charge in [-0.15, -0.1) is 6.42 Å². The van der Waals surface area contributed by atoms with Gasteiger partial charge in [0, 0.05) is 23.5 Å². The van der Waals surface area contributed by atoms with Crippen LogP contribution in [0.5, 0.6) is 5.75 Å². The Bertz CT molecular complexity index is 1300. The van der Waals surface area contributed by atoms with Gasteiger partial charge in [-0.3, -0.25) is 4.79 Å². The average Bonchev–Trinajstić information content (AvgIpc) is 2.79. The Labute approximate surface area is 194 Å². The van der Waals surface area contributed by atoms with E-state index >= 15 is 4.39 Å². The lowest BCUT2D eigenvalue weighted by atomic mass is 10.00. The number of carbonyl (C=O) groups is 1. The highest BCUT2D eigenvalue weighted by Gasteiger charge is 2.35. The van der Waals surface area contributed by atoms with Crippen molar-refractivity contribution in [3.8, 4) is 29.2 Å². The summed E-state index contributed by atoms with van der Waals surface area (Å²) in [6.07, 6.45) is 8.17. The number of aromatic hydroxyl groups is 1. The molecule has 2 heterocycles. The van der Waals surface area contributed by atoms with Gasteiger partial charge in [0.2, 0.25) is 5.91 Å². The summed E-state index contributed by atoms with van der Waals surface area (Å²) in [4.78, 5) is 23.9. The third-order valence-electron chi connectivity index (χ3n) is 5.65. The number of anilines is 1. The summed E-state index contributed by atoms with van der Waals surface area (Å²) in [6.45, 7) is 5.97. The maximum atomic E-state index is 15.6. The van der Waals surface area contributed by atoms with Crippen LogP contribution >= 0.6 is 11.6 Å². The predicted octanol–water partition coefficient (Wildman–Crippen LogP) is 4.16. The van der Waals surface area contributed by atoms with Gasteiger partial charge in [0.05, 0.1) is 17.1 Å². The second kappa shape index (κ2) is 8.68. The summed E-state index contributed by atoms with van der Waals surface area (Å²) in [6, 6.07) is 4.26. The summed E-state index contributed by atoms with van der Waals surface area (Å²) in [5.41, 5.74) is -0.754. The van der Waals surface area contributed by atoms with Gasteiger partial charge in [-0.1, -0.05) is 30.2 Å². The minimum absolute atomic E-state index is 0.102. The van der Waals surface area contributed by atoms with Gasteiger partial charge in [0.15, 0.2) is 5.82 Å². The zero-order chi connectivity index (χ0) is 23.9. The lowest BCUT2D eigenvalue weighted by Gasteiger charge is -2.44. The average molecular weight is 469 g/mol. The Morgan fingerprint density at radius 3 is 2.76 bits per heavy atom. The first-order valence-electron chi connectivity index (χ1n) is 10.0. The van der Waals surface area contributed by atoms with Crippen molar-refractivity contribution in [2.75, 3.05) is 18.0 Å². The highest BCUT2D eigenvalue weighted by molar-refractivity contribution is 6.34. The molecule has 1 fully saturated rings. The molecule has 1 amide bonds. The van der Waals surface area contributed by atoms with Crippen LogP contribution in [0.2, 0.25) is 5.02 Å². The second-order valence-electron chi connectivity index (χ2n) is 7.66. The molecule has 4 rings (SSSR count). The quantitative estimate of drug-likeness (QED) is 0.462. The monoisotopic (exact) mass is 468 g/mol. The molecule has 168 valence electrons. The first-order valence-corrected chi connectivity index (χ1v) is 10.4. The van der Waals surface area contributed by atoms with Gasteiger partial charge in [0.25, 0.3) is 0 Å². The normalized spacial score (nSPS) is 18.3. The molecule has 1 aromatic heterocycles. The molecule has 33 heavy (non-hydrogen) atoms. The van der Waals surface area contributed by atoms with Gasteiger partial charge in [-0.05, 0) is 31.2 Å². The molecule has 0 saturated carbocycles. The van der Waals surface area contributed by atoms with Crippen LogP contribution in [0.3, 0.4) is 0 Å². The van der Waals surface area contributed by atoms with E-state index in [0.717, 1.165) is 6.07 Å². The van der Waals surface area contributed by atoms with Crippen molar-refractivity contribution in [1.29, 1.82) is 0 Å². The maximum Gasteiger partial charge on any atom is 0.246 e. The number of benzene rings is 2. The molecular weight excluding hydrogens is 450 g/mol. The van der Waals surface area contributed by atoms with Gasteiger partial charge in [-0.2, -0.15) is 0 Å². The van der Waals surface area contributed by atoms with Gasteiger partial charge >= 0.3 is 0 Å². The third kappa shape index (κ3) is 3.74. The second-order valence-corrected chi connectivity index (χ2v) is 8.07. The molecule has 1 saturated heterocycles. The number of carbonyl (C=O) groups excluding carboxylic acids is 1. The Kier molecular flexibility index (Phi) is 5.91. The summed E-state index contributed by atoms with van der Waals surface area (Å²) >= 11 is 6.39. The number of amides is 1. The number of rotatable bonds is 3. The number of hydrogen-bond acceptors (Lipinski definition) is 5. The van der Waals surface area contributed by atoms with Crippen LogP contribution in [-0.2, 0) is 4.79 Å². The standard InChI is InChI=1S/C24H19ClF2N4O2/c1-4-14-11-30(19(33)5-2)10-13(3)31(14)24-15-9-16(25)20(22(27)23(15)28-12-29-24)21-17(26)7-6-8-18(21)32/h1,5-9,12-14,32H,2,10-11H2,3H3/t13-,14-/m0/s1. The zero-order valence-corrected chi connectivity index (χ0v) is 18.4. The minimum Gasteiger partial charge on any atom is -0.507 e. The van der Waals surface area contributed by atoms with E-state index in [1.807, 2.05) is 11.8 Å². The minimum atomic E-state index is -0.896. The number of terminal acetylenes is 1. The fraction of sp³-hybridized carbons (Fsp3) is 0.208. The number of nitrogens with zero attached hydrogens (tertiary/aromatic N) is 4. The number of piperazine rings is 1. The van der Waals surface area contributed by atoms with Crippen molar-refractivity contribution in [3.05, 3.63) is 59.9 Å². The molecule has 0 bridgehead atoms. The van der Waals surface area contributed by atoms with E-state index in [-0.39, 0.29) is 45.5 Å². The van der Waals surface area contributed by atoms with E-state index in [1.54, 1.807) is 4.90 Å². The van der Waals surface area contributed by atoms with Crippen molar-refractivity contribution in [2.45, 2.75) is 19.0 Å². The predicted molar refractivity (Wildman–Crippen MR) is 123 cm³/mol. The first-order chi connectivity index (χ1) is 15.8. The van der Waals surface area contributed by atoms with Crippen LogP contribution in [0.25, 0.3) is 22.0 Å². The molecule has 1 aliphatic rings. The molecule has 0 spiro atoms. The third-order valence-corrected chi connectivity index (χ3v) is 5.95.